The van der Waals surface area contributed by atoms with Gasteiger partial charge in [0.1, 0.15) is 28.0 Å². The highest BCUT2D eigenvalue weighted by atomic mass is 16.3. The Morgan fingerprint density at radius 3 is 2.16 bits per heavy atom. The zero-order valence-corrected chi connectivity index (χ0v) is 27.2. The van der Waals surface area contributed by atoms with E-state index in [0.717, 1.165) is 66.5 Å². The standard InChI is InChI=1S/C46H26N4O/c1-2-12-30-29(11-1)35-26-36-31-13-3-5-16-38(31)49(41(36)27-39(35)48-24-10-8-15-37(30)48)28-19-20-32-33-21-22-43-45(34-14-4-6-17-42(34)51-43)46(33)50(40(32)25-28)44-18-7-9-23-47-44/h1-23,25-27H. The van der Waals surface area contributed by atoms with Crippen molar-refractivity contribution in [3.8, 4) is 11.5 Å². The van der Waals surface area contributed by atoms with Crippen LogP contribution in [0.3, 0.4) is 0 Å². The fourth-order valence-electron chi connectivity index (χ4n) is 8.60. The van der Waals surface area contributed by atoms with Gasteiger partial charge in [0, 0.05) is 49.6 Å². The molecule has 5 heteroatoms. The van der Waals surface area contributed by atoms with Crippen molar-refractivity contribution in [2.75, 3.05) is 0 Å². The number of furan rings is 1. The fraction of sp³-hybridized carbons (Fsp3) is 0. The number of rotatable bonds is 2. The molecule has 12 aromatic rings. The zero-order chi connectivity index (χ0) is 33.2. The van der Waals surface area contributed by atoms with Crippen LogP contribution >= 0.6 is 0 Å². The molecule has 0 spiro atoms. The fourth-order valence-corrected chi connectivity index (χ4v) is 8.60. The molecule has 6 aromatic heterocycles. The lowest BCUT2D eigenvalue weighted by atomic mass is 10.0. The minimum absolute atomic E-state index is 0.867. The number of hydrogen-bond acceptors (Lipinski definition) is 2. The first kappa shape index (κ1) is 26.9. The molecular weight excluding hydrogens is 625 g/mol. The Labute approximate surface area is 290 Å². The minimum atomic E-state index is 0.867. The van der Waals surface area contributed by atoms with Gasteiger partial charge in [-0.15, -0.1) is 6.07 Å². The van der Waals surface area contributed by atoms with Crippen LogP contribution in [0.1, 0.15) is 0 Å². The van der Waals surface area contributed by atoms with Crippen LogP contribution < -0.4 is 4.40 Å². The number of fused-ring (bicyclic) bond motifs is 16. The summed E-state index contributed by atoms with van der Waals surface area (Å²) in [6.07, 6.45) is 5.39. The van der Waals surface area contributed by atoms with E-state index in [2.05, 4.69) is 147 Å². The van der Waals surface area contributed by atoms with Crippen molar-refractivity contribution in [2.45, 2.75) is 0 Å². The molecular formula is C46H26N4O. The molecule has 0 aliphatic rings. The predicted octanol–water partition coefficient (Wildman–Crippen LogP) is 11.0. The topological polar surface area (TPSA) is 40.0 Å². The Morgan fingerprint density at radius 1 is 0.490 bits per heavy atom. The van der Waals surface area contributed by atoms with Gasteiger partial charge in [-0.25, -0.2) is 4.98 Å². The Hall–Kier alpha value is -6.98. The summed E-state index contributed by atoms with van der Waals surface area (Å²) in [4.78, 5) is 4.89. The molecule has 12 rings (SSSR count). The molecule has 51 heavy (non-hydrogen) atoms. The monoisotopic (exact) mass is 650 g/mol. The van der Waals surface area contributed by atoms with Crippen LogP contribution in [0.15, 0.2) is 162 Å². The third kappa shape index (κ3) is 3.54. The van der Waals surface area contributed by atoms with Gasteiger partial charge in [0.25, 0.3) is 0 Å². The van der Waals surface area contributed by atoms with Gasteiger partial charge in [-0.2, -0.15) is 0 Å². The first-order valence-electron chi connectivity index (χ1n) is 17.2. The van der Waals surface area contributed by atoms with E-state index in [1.807, 2.05) is 30.5 Å². The van der Waals surface area contributed by atoms with Crippen LogP contribution in [0, 0.1) is 6.20 Å². The maximum Gasteiger partial charge on any atom is 0.152 e. The van der Waals surface area contributed by atoms with E-state index < -0.39 is 0 Å². The highest BCUT2D eigenvalue weighted by Gasteiger charge is 2.22. The summed E-state index contributed by atoms with van der Waals surface area (Å²) in [5.41, 5.74) is 9.59. The average molecular weight is 651 g/mol. The summed E-state index contributed by atoms with van der Waals surface area (Å²) >= 11 is 0. The van der Waals surface area contributed by atoms with Crippen molar-refractivity contribution in [1.29, 1.82) is 0 Å². The average Bonchev–Trinajstić information content (AvgIpc) is 3.84. The maximum atomic E-state index is 6.38. The van der Waals surface area contributed by atoms with Crippen molar-refractivity contribution >= 4 is 92.7 Å². The molecule has 6 aromatic carbocycles. The number of hydrogen-bond donors (Lipinski definition) is 0. The van der Waals surface area contributed by atoms with Gasteiger partial charge in [-0.1, -0.05) is 84.9 Å². The highest BCUT2D eigenvalue weighted by Crippen LogP contribution is 2.42. The van der Waals surface area contributed by atoms with Crippen molar-refractivity contribution < 1.29 is 8.82 Å². The predicted molar refractivity (Wildman–Crippen MR) is 207 cm³/mol. The van der Waals surface area contributed by atoms with Crippen LogP contribution in [0.5, 0.6) is 0 Å². The molecule has 0 atom stereocenters. The van der Waals surface area contributed by atoms with E-state index in [1.165, 1.54) is 37.7 Å². The number of nitrogens with zero attached hydrogens (tertiary/aromatic N) is 4. The first-order chi connectivity index (χ1) is 25.3. The minimum Gasteiger partial charge on any atom is -0.456 e. The molecule has 0 unspecified atom stereocenters. The van der Waals surface area contributed by atoms with Gasteiger partial charge < -0.3 is 8.98 Å². The Balaban J connectivity index is 1.23. The second-order valence-corrected chi connectivity index (χ2v) is 13.3. The third-order valence-electron chi connectivity index (χ3n) is 10.7. The van der Waals surface area contributed by atoms with Gasteiger partial charge in [0.2, 0.25) is 0 Å². The van der Waals surface area contributed by atoms with Crippen molar-refractivity contribution in [3.63, 3.8) is 0 Å². The zero-order valence-electron chi connectivity index (χ0n) is 27.2. The molecule has 236 valence electrons. The van der Waals surface area contributed by atoms with Crippen LogP contribution in [-0.2, 0) is 0 Å². The van der Waals surface area contributed by atoms with Gasteiger partial charge >= 0.3 is 0 Å². The lowest BCUT2D eigenvalue weighted by molar-refractivity contribution is -0.485. The molecule has 0 aliphatic heterocycles. The summed E-state index contributed by atoms with van der Waals surface area (Å²) < 4.78 is 13.3. The molecule has 6 heterocycles. The second-order valence-electron chi connectivity index (χ2n) is 13.3. The lowest BCUT2D eigenvalue weighted by Crippen LogP contribution is -2.23. The Kier molecular flexibility index (Phi) is 5.17. The van der Waals surface area contributed by atoms with E-state index in [1.54, 1.807) is 0 Å². The Bertz CT molecular complexity index is 3420. The third-order valence-corrected chi connectivity index (χ3v) is 10.7. The normalized spacial score (nSPS) is 12.3. The maximum absolute atomic E-state index is 6.38. The van der Waals surface area contributed by atoms with E-state index in [0.29, 0.717) is 0 Å². The van der Waals surface area contributed by atoms with Crippen molar-refractivity contribution in [3.05, 3.63) is 164 Å². The van der Waals surface area contributed by atoms with Crippen molar-refractivity contribution in [2.24, 2.45) is 0 Å². The molecule has 5 nitrogen and oxygen atoms in total. The highest BCUT2D eigenvalue weighted by molar-refractivity contribution is 6.25. The molecule has 0 radical (unpaired) electrons. The van der Waals surface area contributed by atoms with Gasteiger partial charge in [0.05, 0.1) is 27.5 Å². The SMILES string of the molecule is [c-]1cccc2c3ccccc3c3cc4c5ccccc5n(-c5ccc6c7ccc8oc9ccccc9c8c7n(-c7ccccn7)c6c5)c4cc3[n+]12. The number of aromatic nitrogens is 4. The first-order valence-corrected chi connectivity index (χ1v) is 17.2. The summed E-state index contributed by atoms with van der Waals surface area (Å²) in [6, 6.07) is 54.0. The lowest BCUT2D eigenvalue weighted by Gasteiger charge is -2.12. The summed E-state index contributed by atoms with van der Waals surface area (Å²) in [6.45, 7) is 0. The van der Waals surface area contributed by atoms with E-state index >= 15 is 0 Å². The molecule has 0 saturated carbocycles. The second kappa shape index (κ2) is 9.80. The van der Waals surface area contributed by atoms with E-state index in [4.69, 9.17) is 9.40 Å². The van der Waals surface area contributed by atoms with Crippen LogP contribution in [-0.4, -0.2) is 14.1 Å². The van der Waals surface area contributed by atoms with E-state index in [9.17, 15) is 0 Å². The van der Waals surface area contributed by atoms with Crippen molar-refractivity contribution in [1.82, 2.24) is 14.1 Å². The van der Waals surface area contributed by atoms with Gasteiger partial charge in [-0.05, 0) is 66.0 Å². The van der Waals surface area contributed by atoms with Crippen LogP contribution in [0.4, 0.5) is 0 Å². The van der Waals surface area contributed by atoms with Crippen LogP contribution in [0.2, 0.25) is 0 Å². The Morgan fingerprint density at radius 2 is 1.25 bits per heavy atom. The van der Waals surface area contributed by atoms with E-state index in [-0.39, 0.29) is 0 Å². The smallest absolute Gasteiger partial charge is 0.152 e. The van der Waals surface area contributed by atoms with Gasteiger partial charge in [-0.3, -0.25) is 8.97 Å². The molecule has 0 fully saturated rings. The number of benzene rings is 6. The molecule has 0 saturated heterocycles. The number of pyridine rings is 3. The molecule has 0 N–H and O–H groups in total. The molecule has 0 amide bonds. The van der Waals surface area contributed by atoms with Crippen LogP contribution in [0.25, 0.3) is 104 Å². The molecule has 0 aliphatic carbocycles. The summed E-state index contributed by atoms with van der Waals surface area (Å²) in [7, 11) is 0. The quantitative estimate of drug-likeness (QED) is 0.106. The largest absolute Gasteiger partial charge is 0.456 e. The summed E-state index contributed by atoms with van der Waals surface area (Å²) in [5.74, 6) is 0.867. The number of para-hydroxylation sites is 2. The molecule has 0 bridgehead atoms. The van der Waals surface area contributed by atoms with Gasteiger partial charge in [0.15, 0.2) is 6.20 Å². The summed E-state index contributed by atoms with van der Waals surface area (Å²) in [5, 5.41) is 10.6.